The van der Waals surface area contributed by atoms with Gasteiger partial charge in [-0.3, -0.25) is 14.4 Å². The normalized spacial score (nSPS) is 12.7. The summed E-state index contributed by atoms with van der Waals surface area (Å²) in [5.74, 6) is -1.85. The zero-order chi connectivity index (χ0) is 21.6. The van der Waals surface area contributed by atoms with E-state index in [1.54, 1.807) is 55.6 Å². The van der Waals surface area contributed by atoms with Gasteiger partial charge < -0.3 is 15.4 Å². The lowest BCUT2D eigenvalue weighted by Gasteiger charge is -2.22. The minimum absolute atomic E-state index is 0.0745. The van der Waals surface area contributed by atoms with Crippen molar-refractivity contribution in [1.82, 2.24) is 5.32 Å². The molecule has 0 bridgehead atoms. The molecule has 1 aromatic carbocycles. The standard InChI is InChI=1S/C21H24N2O5S/c1-12(2)18(23-20(26)17-6-5-11-29-17)21(27)28-14(4)19(25)22-16-9-7-15(8-10-16)13(3)24/h5-12,14,18H,1-4H3,(H,22,25)(H,23,26)/t14-,18+/m1/s1. The number of Topliss-reactive ketones (excluding diaryl/α,β-unsaturated/α-hetero) is 1. The monoisotopic (exact) mass is 416 g/mol. The molecule has 154 valence electrons. The van der Waals surface area contributed by atoms with Gasteiger partial charge in [0.05, 0.1) is 4.88 Å². The van der Waals surface area contributed by atoms with Crippen LogP contribution in [0.5, 0.6) is 0 Å². The summed E-state index contributed by atoms with van der Waals surface area (Å²) < 4.78 is 5.27. The van der Waals surface area contributed by atoms with Crippen LogP contribution in [-0.2, 0) is 14.3 Å². The number of benzene rings is 1. The molecule has 0 unspecified atom stereocenters. The molecule has 0 fully saturated rings. The highest BCUT2D eigenvalue weighted by Crippen LogP contribution is 2.13. The second-order valence-corrected chi connectivity index (χ2v) is 7.82. The third-order valence-electron chi connectivity index (χ3n) is 4.17. The summed E-state index contributed by atoms with van der Waals surface area (Å²) in [5, 5.41) is 7.06. The van der Waals surface area contributed by atoms with Crippen molar-refractivity contribution in [2.24, 2.45) is 5.92 Å². The minimum Gasteiger partial charge on any atom is -0.451 e. The molecule has 2 aromatic rings. The summed E-state index contributed by atoms with van der Waals surface area (Å²) in [5.41, 5.74) is 1.01. The lowest BCUT2D eigenvalue weighted by Crippen LogP contribution is -2.47. The van der Waals surface area contributed by atoms with Crippen LogP contribution in [0.2, 0.25) is 0 Å². The van der Waals surface area contributed by atoms with Gasteiger partial charge in [0, 0.05) is 11.3 Å². The molecule has 0 aliphatic rings. The quantitative estimate of drug-likeness (QED) is 0.508. The fourth-order valence-corrected chi connectivity index (χ4v) is 3.08. The van der Waals surface area contributed by atoms with Crippen molar-refractivity contribution >= 4 is 40.6 Å². The van der Waals surface area contributed by atoms with E-state index in [9.17, 15) is 19.2 Å². The fraction of sp³-hybridized carbons (Fsp3) is 0.333. The van der Waals surface area contributed by atoms with Gasteiger partial charge in [-0.25, -0.2) is 4.79 Å². The molecule has 2 amide bonds. The number of ether oxygens (including phenoxy) is 1. The van der Waals surface area contributed by atoms with Crippen molar-refractivity contribution in [2.45, 2.75) is 39.8 Å². The molecular formula is C21H24N2O5S. The number of hydrogen-bond acceptors (Lipinski definition) is 6. The molecule has 2 rings (SSSR count). The summed E-state index contributed by atoms with van der Waals surface area (Å²) in [6.07, 6.45) is -1.06. The predicted molar refractivity (Wildman–Crippen MR) is 111 cm³/mol. The summed E-state index contributed by atoms with van der Waals surface area (Å²) in [6, 6.07) is 8.93. The molecule has 2 atom stereocenters. The Morgan fingerprint density at radius 3 is 2.17 bits per heavy atom. The molecule has 0 saturated carbocycles. The van der Waals surface area contributed by atoms with E-state index in [2.05, 4.69) is 10.6 Å². The third-order valence-corrected chi connectivity index (χ3v) is 5.04. The van der Waals surface area contributed by atoms with Gasteiger partial charge in [0.25, 0.3) is 11.8 Å². The first-order chi connectivity index (χ1) is 13.7. The molecule has 0 spiro atoms. The maximum absolute atomic E-state index is 12.5. The van der Waals surface area contributed by atoms with E-state index in [-0.39, 0.29) is 17.6 Å². The zero-order valence-corrected chi connectivity index (χ0v) is 17.5. The van der Waals surface area contributed by atoms with Crippen molar-refractivity contribution in [2.75, 3.05) is 5.32 Å². The molecule has 0 saturated heterocycles. The summed E-state index contributed by atoms with van der Waals surface area (Å²) in [7, 11) is 0. The molecule has 7 nitrogen and oxygen atoms in total. The molecule has 0 aliphatic carbocycles. The van der Waals surface area contributed by atoms with Gasteiger partial charge in [0.1, 0.15) is 6.04 Å². The maximum atomic E-state index is 12.5. The van der Waals surface area contributed by atoms with E-state index in [0.29, 0.717) is 16.1 Å². The van der Waals surface area contributed by atoms with Crippen LogP contribution >= 0.6 is 11.3 Å². The van der Waals surface area contributed by atoms with Crippen LogP contribution in [0.3, 0.4) is 0 Å². The van der Waals surface area contributed by atoms with E-state index >= 15 is 0 Å². The number of carbonyl (C=O) groups is 4. The Kier molecular flexibility index (Phi) is 7.67. The highest BCUT2D eigenvalue weighted by molar-refractivity contribution is 7.12. The van der Waals surface area contributed by atoms with Crippen molar-refractivity contribution in [3.8, 4) is 0 Å². The third kappa shape index (κ3) is 6.25. The van der Waals surface area contributed by atoms with Crippen LogP contribution in [0, 0.1) is 5.92 Å². The lowest BCUT2D eigenvalue weighted by atomic mass is 10.0. The van der Waals surface area contributed by atoms with Crippen LogP contribution in [0.4, 0.5) is 5.69 Å². The number of thiophene rings is 1. The number of carbonyl (C=O) groups excluding carboxylic acids is 4. The summed E-state index contributed by atoms with van der Waals surface area (Å²) in [4.78, 5) is 48.9. The number of amides is 2. The van der Waals surface area contributed by atoms with E-state index < -0.39 is 24.0 Å². The van der Waals surface area contributed by atoms with Gasteiger partial charge >= 0.3 is 5.97 Å². The predicted octanol–water partition coefficient (Wildman–Crippen LogP) is 3.28. The van der Waals surface area contributed by atoms with E-state index in [4.69, 9.17) is 4.74 Å². The van der Waals surface area contributed by atoms with Crippen LogP contribution < -0.4 is 10.6 Å². The van der Waals surface area contributed by atoms with Crippen molar-refractivity contribution in [1.29, 1.82) is 0 Å². The van der Waals surface area contributed by atoms with Crippen LogP contribution in [-0.4, -0.2) is 35.7 Å². The topological polar surface area (TPSA) is 102 Å². The minimum atomic E-state index is -1.06. The Bertz CT molecular complexity index is 875. The molecule has 1 aromatic heterocycles. The second-order valence-electron chi connectivity index (χ2n) is 6.87. The highest BCUT2D eigenvalue weighted by atomic mass is 32.1. The van der Waals surface area contributed by atoms with Gasteiger partial charge in [-0.15, -0.1) is 11.3 Å². The average Bonchev–Trinajstić information content (AvgIpc) is 3.20. The zero-order valence-electron chi connectivity index (χ0n) is 16.7. The number of esters is 1. The average molecular weight is 416 g/mol. The first-order valence-corrected chi connectivity index (χ1v) is 10.0. The van der Waals surface area contributed by atoms with Crippen molar-refractivity contribution < 1.29 is 23.9 Å². The number of nitrogens with one attached hydrogen (secondary N) is 2. The molecule has 2 N–H and O–H groups in total. The van der Waals surface area contributed by atoms with Gasteiger partial charge in [-0.1, -0.05) is 19.9 Å². The van der Waals surface area contributed by atoms with Gasteiger partial charge in [0.2, 0.25) is 0 Å². The molecule has 1 heterocycles. The smallest absolute Gasteiger partial charge is 0.329 e. The summed E-state index contributed by atoms with van der Waals surface area (Å²) >= 11 is 1.27. The van der Waals surface area contributed by atoms with Crippen molar-refractivity contribution in [3.63, 3.8) is 0 Å². The van der Waals surface area contributed by atoms with Gasteiger partial charge in [-0.2, -0.15) is 0 Å². The fourth-order valence-electron chi connectivity index (χ4n) is 2.45. The Morgan fingerprint density at radius 1 is 1.00 bits per heavy atom. The van der Waals surface area contributed by atoms with Crippen LogP contribution in [0.25, 0.3) is 0 Å². The Labute approximate surface area is 173 Å². The molecule has 29 heavy (non-hydrogen) atoms. The van der Waals surface area contributed by atoms with Crippen LogP contribution in [0.1, 0.15) is 47.7 Å². The Balaban J connectivity index is 1.96. The van der Waals surface area contributed by atoms with E-state index in [1.165, 1.54) is 25.2 Å². The molecule has 0 aliphatic heterocycles. The first-order valence-electron chi connectivity index (χ1n) is 9.15. The Hall–Kier alpha value is -3.00. The van der Waals surface area contributed by atoms with Gasteiger partial charge in [0.15, 0.2) is 11.9 Å². The molecule has 8 heteroatoms. The number of anilines is 1. The van der Waals surface area contributed by atoms with Crippen molar-refractivity contribution in [3.05, 3.63) is 52.2 Å². The van der Waals surface area contributed by atoms with E-state index in [1.807, 2.05) is 0 Å². The maximum Gasteiger partial charge on any atom is 0.329 e. The molecular weight excluding hydrogens is 392 g/mol. The van der Waals surface area contributed by atoms with E-state index in [0.717, 1.165) is 0 Å². The summed E-state index contributed by atoms with van der Waals surface area (Å²) in [6.45, 7) is 6.47. The largest absolute Gasteiger partial charge is 0.451 e. The van der Waals surface area contributed by atoms with Gasteiger partial charge in [-0.05, 0) is 55.5 Å². The second kappa shape index (κ2) is 9.97. The lowest BCUT2D eigenvalue weighted by molar-refractivity contribution is -0.156. The number of ketones is 1. The highest BCUT2D eigenvalue weighted by Gasteiger charge is 2.29. The SMILES string of the molecule is CC(=O)c1ccc(NC(=O)[C@@H](C)OC(=O)[C@@H](NC(=O)c2cccs2)C(C)C)cc1. The van der Waals surface area contributed by atoms with Crippen LogP contribution in [0.15, 0.2) is 41.8 Å². The number of hydrogen-bond donors (Lipinski definition) is 2. The Morgan fingerprint density at radius 2 is 1.66 bits per heavy atom. The molecule has 0 radical (unpaired) electrons. The first kappa shape index (κ1) is 22.3. The number of rotatable bonds is 8.